The molecule has 0 heterocycles. The van der Waals surface area contributed by atoms with E-state index in [4.69, 9.17) is 9.84 Å². The summed E-state index contributed by atoms with van der Waals surface area (Å²) in [4.78, 5) is 11.2. The van der Waals surface area contributed by atoms with Gasteiger partial charge in [-0.15, -0.1) is 0 Å². The molecule has 82 valence electrons. The van der Waals surface area contributed by atoms with E-state index in [1.54, 1.807) is 0 Å². The molecule has 0 aromatic heterocycles. The zero-order chi connectivity index (χ0) is 10.8. The Bertz CT molecular complexity index is 185. The molecule has 0 aliphatic rings. The van der Waals surface area contributed by atoms with E-state index in [9.17, 15) is 4.79 Å². The second kappa shape index (κ2) is 8.75. The van der Waals surface area contributed by atoms with Crippen molar-refractivity contribution in [3.05, 3.63) is 11.6 Å². The van der Waals surface area contributed by atoms with E-state index in [1.807, 2.05) is 0 Å². The van der Waals surface area contributed by atoms with Crippen LogP contribution in [0.1, 0.15) is 39.5 Å². The lowest BCUT2D eigenvalue weighted by molar-refractivity contribution is -0.143. The molecule has 3 nitrogen and oxygen atoms in total. The first-order valence-corrected chi connectivity index (χ1v) is 5.18. The highest BCUT2D eigenvalue weighted by Gasteiger charge is 2.05. The number of hydrogen-bond donors (Lipinski definition) is 1. The van der Waals surface area contributed by atoms with E-state index in [2.05, 4.69) is 19.9 Å². The summed E-state index contributed by atoms with van der Waals surface area (Å²) in [5.74, 6) is -0.243. The van der Waals surface area contributed by atoms with E-state index in [0.29, 0.717) is 6.42 Å². The number of esters is 1. The number of carbonyl (C=O) groups is 1. The number of allylic oxidation sites excluding steroid dienone is 1. The van der Waals surface area contributed by atoms with Gasteiger partial charge in [-0.05, 0) is 12.8 Å². The van der Waals surface area contributed by atoms with E-state index < -0.39 is 0 Å². The van der Waals surface area contributed by atoms with Crippen LogP contribution in [0.3, 0.4) is 0 Å². The summed E-state index contributed by atoms with van der Waals surface area (Å²) in [7, 11) is 0. The van der Waals surface area contributed by atoms with Gasteiger partial charge in [-0.3, -0.25) is 4.79 Å². The Hall–Kier alpha value is -0.830. The smallest absolute Gasteiger partial charge is 0.309 e. The number of rotatable bonds is 7. The summed E-state index contributed by atoms with van der Waals surface area (Å²) < 4.78 is 4.78. The van der Waals surface area contributed by atoms with Gasteiger partial charge in [0, 0.05) is 0 Å². The lowest BCUT2D eigenvalue weighted by Gasteiger charge is -2.06. The molecule has 0 radical (unpaired) electrons. The molecule has 0 saturated carbocycles. The first kappa shape index (κ1) is 13.2. The van der Waals surface area contributed by atoms with Gasteiger partial charge in [0.15, 0.2) is 0 Å². The lowest BCUT2D eigenvalue weighted by atomic mass is 10.1. The van der Waals surface area contributed by atoms with Gasteiger partial charge < -0.3 is 9.84 Å². The highest BCUT2D eigenvalue weighted by Crippen LogP contribution is 2.11. The highest BCUT2D eigenvalue weighted by atomic mass is 16.5. The zero-order valence-corrected chi connectivity index (χ0v) is 9.08. The fourth-order valence-corrected chi connectivity index (χ4v) is 1.27. The predicted octanol–water partition coefficient (Wildman–Crippen LogP) is 2.05. The van der Waals surface area contributed by atoms with Crippen LogP contribution in [-0.4, -0.2) is 24.3 Å². The molecule has 0 aromatic rings. The number of carbonyl (C=O) groups excluding carboxylic acids is 1. The Morgan fingerprint density at radius 2 is 2.14 bits per heavy atom. The Balaban J connectivity index is 3.90. The van der Waals surface area contributed by atoms with Crippen LogP contribution in [0.4, 0.5) is 0 Å². The maximum Gasteiger partial charge on any atom is 0.309 e. The molecule has 14 heavy (non-hydrogen) atoms. The fourth-order valence-electron chi connectivity index (χ4n) is 1.27. The van der Waals surface area contributed by atoms with Gasteiger partial charge in [-0.25, -0.2) is 0 Å². The van der Waals surface area contributed by atoms with Crippen molar-refractivity contribution in [2.75, 3.05) is 13.2 Å². The summed E-state index contributed by atoms with van der Waals surface area (Å²) in [6.07, 6.45) is 5.37. The SMILES string of the molecule is CCC=C(CCC)CC(=O)OCCO. The summed E-state index contributed by atoms with van der Waals surface area (Å²) in [5, 5.41) is 8.46. The van der Waals surface area contributed by atoms with Crippen molar-refractivity contribution in [1.82, 2.24) is 0 Å². The first-order chi connectivity index (χ1) is 6.74. The normalized spacial score (nSPS) is 11.5. The van der Waals surface area contributed by atoms with E-state index in [0.717, 1.165) is 24.8 Å². The minimum Gasteiger partial charge on any atom is -0.463 e. The molecule has 0 rings (SSSR count). The zero-order valence-electron chi connectivity index (χ0n) is 9.08. The first-order valence-electron chi connectivity index (χ1n) is 5.18. The Kier molecular flexibility index (Phi) is 8.24. The third-order valence-corrected chi connectivity index (χ3v) is 1.79. The van der Waals surface area contributed by atoms with Gasteiger partial charge in [0.2, 0.25) is 0 Å². The van der Waals surface area contributed by atoms with E-state index in [1.165, 1.54) is 0 Å². The molecule has 3 heteroatoms. The molecule has 0 aromatic carbocycles. The highest BCUT2D eigenvalue weighted by molar-refractivity contribution is 5.72. The molecule has 0 bridgehead atoms. The molecule has 0 amide bonds. The van der Waals surface area contributed by atoms with Gasteiger partial charge in [0.05, 0.1) is 13.0 Å². The Morgan fingerprint density at radius 3 is 2.64 bits per heavy atom. The molecule has 0 fully saturated rings. The summed E-state index contributed by atoms with van der Waals surface area (Å²) in [6, 6.07) is 0. The molecular formula is C11H20O3. The van der Waals surface area contributed by atoms with Gasteiger partial charge in [-0.2, -0.15) is 0 Å². The van der Waals surface area contributed by atoms with Crippen LogP contribution in [0.25, 0.3) is 0 Å². The van der Waals surface area contributed by atoms with Crippen LogP contribution in [0.15, 0.2) is 11.6 Å². The third-order valence-electron chi connectivity index (χ3n) is 1.79. The third kappa shape index (κ3) is 6.66. The van der Waals surface area contributed by atoms with Crippen molar-refractivity contribution in [1.29, 1.82) is 0 Å². The van der Waals surface area contributed by atoms with Gasteiger partial charge in [0.1, 0.15) is 6.61 Å². The second-order valence-electron chi connectivity index (χ2n) is 3.14. The van der Waals surface area contributed by atoms with Crippen molar-refractivity contribution in [2.45, 2.75) is 39.5 Å². The monoisotopic (exact) mass is 200 g/mol. The topological polar surface area (TPSA) is 46.5 Å². The summed E-state index contributed by atoms with van der Waals surface area (Å²) >= 11 is 0. The van der Waals surface area contributed by atoms with Crippen molar-refractivity contribution >= 4 is 5.97 Å². The van der Waals surface area contributed by atoms with Gasteiger partial charge in [0.25, 0.3) is 0 Å². The fraction of sp³-hybridized carbons (Fsp3) is 0.727. The average molecular weight is 200 g/mol. The molecule has 0 atom stereocenters. The molecule has 0 unspecified atom stereocenters. The van der Waals surface area contributed by atoms with Gasteiger partial charge >= 0.3 is 5.97 Å². The molecule has 0 aliphatic heterocycles. The van der Waals surface area contributed by atoms with Crippen LogP contribution >= 0.6 is 0 Å². The largest absolute Gasteiger partial charge is 0.463 e. The summed E-state index contributed by atoms with van der Waals surface area (Å²) in [5.41, 5.74) is 1.14. The average Bonchev–Trinajstić information content (AvgIpc) is 2.15. The molecule has 0 spiro atoms. The Labute approximate surface area is 85.8 Å². The van der Waals surface area contributed by atoms with Crippen molar-refractivity contribution in [3.8, 4) is 0 Å². The van der Waals surface area contributed by atoms with Crippen LogP contribution in [0.5, 0.6) is 0 Å². The molecule has 0 saturated heterocycles. The minimum absolute atomic E-state index is 0.102. The van der Waals surface area contributed by atoms with Crippen LogP contribution in [0, 0.1) is 0 Å². The predicted molar refractivity (Wildman–Crippen MR) is 55.9 cm³/mol. The minimum atomic E-state index is -0.243. The lowest BCUT2D eigenvalue weighted by Crippen LogP contribution is -2.09. The van der Waals surface area contributed by atoms with Crippen molar-refractivity contribution < 1.29 is 14.6 Å². The second-order valence-corrected chi connectivity index (χ2v) is 3.14. The van der Waals surface area contributed by atoms with Gasteiger partial charge in [-0.1, -0.05) is 31.9 Å². The number of aliphatic hydroxyl groups is 1. The quantitative estimate of drug-likeness (QED) is 0.505. The van der Waals surface area contributed by atoms with E-state index >= 15 is 0 Å². The maximum absolute atomic E-state index is 11.2. The summed E-state index contributed by atoms with van der Waals surface area (Å²) in [6.45, 7) is 4.13. The van der Waals surface area contributed by atoms with E-state index in [-0.39, 0.29) is 19.2 Å². The van der Waals surface area contributed by atoms with Crippen LogP contribution < -0.4 is 0 Å². The van der Waals surface area contributed by atoms with Crippen molar-refractivity contribution in [3.63, 3.8) is 0 Å². The molecule has 0 aliphatic carbocycles. The number of hydrogen-bond acceptors (Lipinski definition) is 3. The van der Waals surface area contributed by atoms with Crippen LogP contribution in [-0.2, 0) is 9.53 Å². The molecular weight excluding hydrogens is 180 g/mol. The number of ether oxygens (including phenoxy) is 1. The number of aliphatic hydroxyl groups excluding tert-OH is 1. The molecule has 1 N–H and O–H groups in total. The van der Waals surface area contributed by atoms with Crippen molar-refractivity contribution in [2.24, 2.45) is 0 Å². The van der Waals surface area contributed by atoms with Crippen LogP contribution in [0.2, 0.25) is 0 Å². The maximum atomic E-state index is 11.2. The standard InChI is InChI=1S/C11H20O3/c1-3-5-10(6-4-2)9-11(13)14-8-7-12/h5,12H,3-4,6-9H2,1-2H3. The Morgan fingerprint density at radius 1 is 1.43 bits per heavy atom.